The van der Waals surface area contributed by atoms with Crippen LogP contribution in [-0.2, 0) is 0 Å². The van der Waals surface area contributed by atoms with Crippen LogP contribution in [0.5, 0.6) is 0 Å². The maximum Gasteiger partial charge on any atom is 0.319 e. The molecule has 3 N–H and O–H groups in total. The molecule has 1 aromatic carbocycles. The van der Waals surface area contributed by atoms with Crippen LogP contribution in [0.25, 0.3) is 0 Å². The van der Waals surface area contributed by atoms with Gasteiger partial charge in [0.2, 0.25) is 0 Å². The molecular weight excluding hydrogens is 302 g/mol. The van der Waals surface area contributed by atoms with E-state index in [4.69, 9.17) is 16.9 Å². The molecule has 0 radical (unpaired) electrons. The van der Waals surface area contributed by atoms with Gasteiger partial charge in [-0.1, -0.05) is 37.3 Å². The topological polar surface area (TPSA) is 85.2 Å². The van der Waals surface area contributed by atoms with Crippen molar-refractivity contribution in [3.8, 4) is 6.07 Å². The molecule has 0 unspecified atom stereocenters. The second-order valence-electron chi connectivity index (χ2n) is 5.75. The molecule has 1 saturated carbocycles. The first-order valence-electron chi connectivity index (χ1n) is 7.49. The lowest BCUT2D eigenvalue weighted by atomic mass is 9.95. The predicted molar refractivity (Wildman–Crippen MR) is 85.8 cm³/mol. The van der Waals surface area contributed by atoms with Gasteiger partial charge in [0.05, 0.1) is 16.2 Å². The Morgan fingerprint density at radius 3 is 2.59 bits per heavy atom. The Bertz CT molecular complexity index is 575. The third-order valence-electron chi connectivity index (χ3n) is 3.96. The van der Waals surface area contributed by atoms with Crippen molar-refractivity contribution in [2.45, 2.75) is 44.1 Å². The Hall–Kier alpha value is -1.77. The molecule has 0 atom stereocenters. The monoisotopic (exact) mass is 321 g/mol. The normalized spacial score (nSPS) is 17.1. The van der Waals surface area contributed by atoms with E-state index in [9.17, 15) is 9.90 Å². The molecule has 0 saturated heterocycles. The third kappa shape index (κ3) is 4.62. The van der Waals surface area contributed by atoms with Crippen LogP contribution >= 0.6 is 11.6 Å². The SMILES string of the molecule is N#Cc1ccc(NC(=O)NCC2(O)CCCCCC2)cc1Cl. The summed E-state index contributed by atoms with van der Waals surface area (Å²) in [4.78, 5) is 11.9. The van der Waals surface area contributed by atoms with Gasteiger partial charge in [0.25, 0.3) is 0 Å². The summed E-state index contributed by atoms with van der Waals surface area (Å²) < 4.78 is 0. The summed E-state index contributed by atoms with van der Waals surface area (Å²) in [6.45, 7) is 0.239. The molecule has 5 nitrogen and oxygen atoms in total. The molecule has 2 amide bonds. The lowest BCUT2D eigenvalue weighted by molar-refractivity contribution is 0.0281. The van der Waals surface area contributed by atoms with E-state index in [1.807, 2.05) is 6.07 Å². The number of anilines is 1. The zero-order valence-corrected chi connectivity index (χ0v) is 13.1. The maximum atomic E-state index is 11.9. The quantitative estimate of drug-likeness (QED) is 0.746. The largest absolute Gasteiger partial charge is 0.388 e. The van der Waals surface area contributed by atoms with Gasteiger partial charge in [0.1, 0.15) is 6.07 Å². The Morgan fingerprint density at radius 1 is 1.32 bits per heavy atom. The van der Waals surface area contributed by atoms with E-state index in [-0.39, 0.29) is 6.54 Å². The average molecular weight is 322 g/mol. The summed E-state index contributed by atoms with van der Waals surface area (Å²) in [7, 11) is 0. The van der Waals surface area contributed by atoms with Crippen LogP contribution in [0.15, 0.2) is 18.2 Å². The molecule has 0 bridgehead atoms. The lowest BCUT2D eigenvalue weighted by Crippen LogP contribution is -2.44. The van der Waals surface area contributed by atoms with Gasteiger partial charge in [-0.25, -0.2) is 4.79 Å². The molecule has 0 aromatic heterocycles. The van der Waals surface area contributed by atoms with Crippen molar-refractivity contribution >= 4 is 23.3 Å². The van der Waals surface area contributed by atoms with Gasteiger partial charge in [0, 0.05) is 12.2 Å². The van der Waals surface area contributed by atoms with Crippen LogP contribution in [-0.4, -0.2) is 23.3 Å². The van der Waals surface area contributed by atoms with Gasteiger partial charge >= 0.3 is 6.03 Å². The summed E-state index contributed by atoms with van der Waals surface area (Å²) in [5.74, 6) is 0. The first-order chi connectivity index (χ1) is 10.5. The minimum absolute atomic E-state index is 0.239. The molecule has 1 fully saturated rings. The minimum atomic E-state index is -0.809. The zero-order valence-electron chi connectivity index (χ0n) is 12.4. The predicted octanol–water partition coefficient (Wildman–Crippen LogP) is 3.42. The number of amides is 2. The average Bonchev–Trinajstić information content (AvgIpc) is 2.71. The lowest BCUT2D eigenvalue weighted by Gasteiger charge is -2.26. The highest BCUT2D eigenvalue weighted by Crippen LogP contribution is 2.26. The molecule has 2 rings (SSSR count). The summed E-state index contributed by atoms with van der Waals surface area (Å²) in [6.07, 6.45) is 5.69. The highest BCUT2D eigenvalue weighted by Gasteiger charge is 2.28. The van der Waals surface area contributed by atoms with Crippen molar-refractivity contribution < 1.29 is 9.90 Å². The van der Waals surface area contributed by atoms with Crippen molar-refractivity contribution in [3.05, 3.63) is 28.8 Å². The van der Waals surface area contributed by atoms with Crippen molar-refractivity contribution in [2.75, 3.05) is 11.9 Å². The van der Waals surface area contributed by atoms with Crippen LogP contribution in [0, 0.1) is 11.3 Å². The van der Waals surface area contributed by atoms with Crippen LogP contribution in [0.3, 0.4) is 0 Å². The molecular formula is C16H20ClN3O2. The van der Waals surface area contributed by atoms with Gasteiger partial charge in [0.15, 0.2) is 0 Å². The summed E-state index contributed by atoms with van der Waals surface area (Å²) in [6, 6.07) is 6.27. The molecule has 0 aliphatic heterocycles. The molecule has 0 spiro atoms. The van der Waals surface area contributed by atoms with Gasteiger partial charge in [-0.2, -0.15) is 5.26 Å². The Balaban J connectivity index is 1.87. The summed E-state index contributed by atoms with van der Waals surface area (Å²) in [5, 5.41) is 24.9. The highest BCUT2D eigenvalue weighted by atomic mass is 35.5. The third-order valence-corrected chi connectivity index (χ3v) is 4.27. The standard InChI is InChI=1S/C16H20ClN3O2/c17-14-9-13(6-5-12(14)10-18)20-15(21)19-11-16(22)7-3-1-2-4-8-16/h5-6,9,22H,1-4,7-8,11H2,(H2,19,20,21). The van der Waals surface area contributed by atoms with Crippen molar-refractivity contribution in [2.24, 2.45) is 0 Å². The smallest absolute Gasteiger partial charge is 0.319 e. The number of nitrogens with one attached hydrogen (secondary N) is 2. The fourth-order valence-corrected chi connectivity index (χ4v) is 2.89. The summed E-state index contributed by atoms with van der Waals surface area (Å²) >= 11 is 5.92. The number of carbonyl (C=O) groups excluding carboxylic acids is 1. The number of nitrogens with zero attached hydrogens (tertiary/aromatic N) is 1. The van der Waals surface area contributed by atoms with Crippen molar-refractivity contribution in [3.63, 3.8) is 0 Å². The number of halogens is 1. The number of hydrogen-bond donors (Lipinski definition) is 3. The van der Waals surface area contributed by atoms with Crippen LogP contribution in [0.1, 0.15) is 44.1 Å². The number of nitriles is 1. The second-order valence-corrected chi connectivity index (χ2v) is 6.16. The Morgan fingerprint density at radius 2 is 2.00 bits per heavy atom. The number of aliphatic hydroxyl groups is 1. The molecule has 6 heteroatoms. The number of rotatable bonds is 3. The van der Waals surface area contributed by atoms with Crippen molar-refractivity contribution in [1.82, 2.24) is 5.32 Å². The van der Waals surface area contributed by atoms with E-state index < -0.39 is 11.6 Å². The fraction of sp³-hybridized carbons (Fsp3) is 0.500. The van der Waals surface area contributed by atoms with Crippen LogP contribution < -0.4 is 10.6 Å². The minimum Gasteiger partial charge on any atom is -0.388 e. The first kappa shape index (κ1) is 16.6. The second kappa shape index (κ2) is 7.48. The number of carbonyl (C=O) groups is 1. The first-order valence-corrected chi connectivity index (χ1v) is 7.87. The van der Waals surface area contributed by atoms with Gasteiger partial charge in [-0.3, -0.25) is 0 Å². The van der Waals surface area contributed by atoms with Crippen LogP contribution in [0.4, 0.5) is 10.5 Å². The molecule has 0 heterocycles. The van der Waals surface area contributed by atoms with E-state index in [0.29, 0.717) is 16.3 Å². The van der Waals surface area contributed by atoms with E-state index in [1.54, 1.807) is 12.1 Å². The van der Waals surface area contributed by atoms with Gasteiger partial charge < -0.3 is 15.7 Å². The number of benzene rings is 1. The fourth-order valence-electron chi connectivity index (χ4n) is 2.67. The van der Waals surface area contributed by atoms with Crippen molar-refractivity contribution in [1.29, 1.82) is 5.26 Å². The zero-order chi connectivity index (χ0) is 16.0. The highest BCUT2D eigenvalue weighted by molar-refractivity contribution is 6.32. The van der Waals surface area contributed by atoms with E-state index in [0.717, 1.165) is 38.5 Å². The molecule has 1 aliphatic carbocycles. The molecule has 118 valence electrons. The maximum absolute atomic E-state index is 11.9. The van der Waals surface area contributed by atoms with E-state index >= 15 is 0 Å². The summed E-state index contributed by atoms with van der Waals surface area (Å²) in [5.41, 5.74) is 0.0608. The van der Waals surface area contributed by atoms with Gasteiger partial charge in [-0.05, 0) is 31.0 Å². The van der Waals surface area contributed by atoms with Crippen LogP contribution in [0.2, 0.25) is 5.02 Å². The van der Waals surface area contributed by atoms with Gasteiger partial charge in [-0.15, -0.1) is 0 Å². The van der Waals surface area contributed by atoms with E-state index in [2.05, 4.69) is 10.6 Å². The molecule has 1 aromatic rings. The Labute approximate surface area is 135 Å². The molecule has 22 heavy (non-hydrogen) atoms. The molecule has 1 aliphatic rings. The Kier molecular flexibility index (Phi) is 5.64. The number of urea groups is 1. The van der Waals surface area contributed by atoms with E-state index in [1.165, 1.54) is 6.07 Å². The number of hydrogen-bond acceptors (Lipinski definition) is 3.